The van der Waals surface area contributed by atoms with Gasteiger partial charge in [-0.3, -0.25) is 4.90 Å². The van der Waals surface area contributed by atoms with E-state index in [9.17, 15) is 4.39 Å². The van der Waals surface area contributed by atoms with E-state index in [0.717, 1.165) is 31.7 Å². The van der Waals surface area contributed by atoms with Crippen molar-refractivity contribution in [1.82, 2.24) is 10.2 Å². The first kappa shape index (κ1) is 13.7. The zero-order valence-electron chi connectivity index (χ0n) is 11.6. The number of rotatable bonds is 3. The van der Waals surface area contributed by atoms with Crippen LogP contribution in [0.3, 0.4) is 0 Å². The van der Waals surface area contributed by atoms with Gasteiger partial charge in [0.25, 0.3) is 0 Å². The molecule has 1 aromatic heterocycles. The second kappa shape index (κ2) is 6.04. The Hall–Kier alpha value is -1.23. The Morgan fingerprint density at radius 3 is 2.70 bits per heavy atom. The van der Waals surface area contributed by atoms with Gasteiger partial charge in [0.05, 0.1) is 6.04 Å². The van der Waals surface area contributed by atoms with Crippen LogP contribution in [-0.4, -0.2) is 31.1 Å². The van der Waals surface area contributed by atoms with Gasteiger partial charge in [-0.05, 0) is 41.6 Å². The molecule has 3 rings (SSSR count). The number of thiophene rings is 1. The number of nitrogens with one attached hydrogen (secondary N) is 1. The predicted molar refractivity (Wildman–Crippen MR) is 81.7 cm³/mol. The predicted octanol–water partition coefficient (Wildman–Crippen LogP) is 3.19. The molecule has 0 radical (unpaired) electrons. The molecule has 1 saturated heterocycles. The van der Waals surface area contributed by atoms with Gasteiger partial charge in [-0.15, -0.1) is 11.3 Å². The molecule has 106 valence electrons. The van der Waals surface area contributed by atoms with Gasteiger partial charge in [-0.1, -0.05) is 12.1 Å². The Bertz CT molecular complexity index is 562. The largest absolute Gasteiger partial charge is 0.314 e. The maximum Gasteiger partial charge on any atom is 0.123 e. The van der Waals surface area contributed by atoms with Gasteiger partial charge in [0.1, 0.15) is 5.82 Å². The highest BCUT2D eigenvalue weighted by molar-refractivity contribution is 7.10. The van der Waals surface area contributed by atoms with Crippen LogP contribution < -0.4 is 5.32 Å². The summed E-state index contributed by atoms with van der Waals surface area (Å²) < 4.78 is 13.4. The van der Waals surface area contributed by atoms with Crippen molar-refractivity contribution < 1.29 is 4.39 Å². The Kier molecular flexibility index (Phi) is 4.15. The van der Waals surface area contributed by atoms with Crippen molar-refractivity contribution in [3.8, 4) is 0 Å². The average molecular weight is 290 g/mol. The number of hydrogen-bond donors (Lipinski definition) is 1. The van der Waals surface area contributed by atoms with E-state index in [1.54, 1.807) is 23.5 Å². The number of hydrogen-bond acceptors (Lipinski definition) is 3. The maximum atomic E-state index is 13.4. The van der Waals surface area contributed by atoms with E-state index >= 15 is 0 Å². The van der Waals surface area contributed by atoms with Crippen molar-refractivity contribution in [2.75, 3.05) is 26.2 Å². The SMILES string of the molecule is Cc1cc(F)ccc1[C@@H](c1cccs1)N1CCNCC1. The number of piperazine rings is 1. The molecule has 20 heavy (non-hydrogen) atoms. The smallest absolute Gasteiger partial charge is 0.123 e. The molecular weight excluding hydrogens is 271 g/mol. The highest BCUT2D eigenvalue weighted by atomic mass is 32.1. The number of nitrogens with zero attached hydrogens (tertiary/aromatic N) is 1. The van der Waals surface area contributed by atoms with Gasteiger partial charge in [0, 0.05) is 31.1 Å². The molecule has 4 heteroatoms. The summed E-state index contributed by atoms with van der Waals surface area (Å²) in [5.41, 5.74) is 2.25. The van der Waals surface area contributed by atoms with E-state index in [0.29, 0.717) is 0 Å². The van der Waals surface area contributed by atoms with E-state index < -0.39 is 0 Å². The number of aryl methyl sites for hydroxylation is 1. The van der Waals surface area contributed by atoms with Crippen molar-refractivity contribution in [2.24, 2.45) is 0 Å². The van der Waals surface area contributed by atoms with Crippen LogP contribution in [0, 0.1) is 12.7 Å². The fourth-order valence-electron chi connectivity index (χ4n) is 2.86. The molecular formula is C16H19FN2S. The molecule has 1 N–H and O–H groups in total. The molecule has 0 unspecified atom stereocenters. The zero-order valence-corrected chi connectivity index (χ0v) is 12.4. The molecule has 0 spiro atoms. The average Bonchev–Trinajstić information content (AvgIpc) is 2.97. The topological polar surface area (TPSA) is 15.3 Å². The standard InChI is InChI=1S/C16H19FN2S/c1-12-11-13(17)4-5-14(12)16(15-3-2-10-20-15)19-8-6-18-7-9-19/h2-5,10-11,16,18H,6-9H2,1H3/t16-/m0/s1. The van der Waals surface area contributed by atoms with Crippen LogP contribution in [-0.2, 0) is 0 Å². The Morgan fingerprint density at radius 2 is 2.05 bits per heavy atom. The summed E-state index contributed by atoms with van der Waals surface area (Å²) in [6.07, 6.45) is 0. The summed E-state index contributed by atoms with van der Waals surface area (Å²) in [5, 5.41) is 5.51. The van der Waals surface area contributed by atoms with Crippen molar-refractivity contribution >= 4 is 11.3 Å². The quantitative estimate of drug-likeness (QED) is 0.934. The van der Waals surface area contributed by atoms with Crippen LogP contribution in [0.2, 0.25) is 0 Å². The first-order valence-corrected chi connectivity index (χ1v) is 7.88. The van der Waals surface area contributed by atoms with Crippen LogP contribution in [0.15, 0.2) is 35.7 Å². The lowest BCUT2D eigenvalue weighted by atomic mass is 9.98. The van der Waals surface area contributed by atoms with E-state index in [-0.39, 0.29) is 11.9 Å². The molecule has 1 aliphatic heterocycles. The highest BCUT2D eigenvalue weighted by Crippen LogP contribution is 2.33. The van der Waals surface area contributed by atoms with E-state index in [1.807, 2.05) is 13.0 Å². The van der Waals surface area contributed by atoms with Crippen molar-refractivity contribution in [1.29, 1.82) is 0 Å². The van der Waals surface area contributed by atoms with E-state index in [1.165, 1.54) is 10.4 Å². The number of halogens is 1. The highest BCUT2D eigenvalue weighted by Gasteiger charge is 2.25. The van der Waals surface area contributed by atoms with Crippen LogP contribution >= 0.6 is 11.3 Å². The fraction of sp³-hybridized carbons (Fsp3) is 0.375. The van der Waals surface area contributed by atoms with Crippen LogP contribution in [0.5, 0.6) is 0 Å². The monoisotopic (exact) mass is 290 g/mol. The minimum absolute atomic E-state index is 0.156. The van der Waals surface area contributed by atoms with Crippen LogP contribution in [0.1, 0.15) is 22.0 Å². The minimum Gasteiger partial charge on any atom is -0.314 e. The molecule has 0 saturated carbocycles. The third kappa shape index (κ3) is 2.77. The Balaban J connectivity index is 2.00. The van der Waals surface area contributed by atoms with Gasteiger partial charge in [0.15, 0.2) is 0 Å². The normalized spacial score (nSPS) is 18.1. The van der Waals surface area contributed by atoms with Crippen molar-refractivity contribution in [3.63, 3.8) is 0 Å². The van der Waals surface area contributed by atoms with E-state index in [2.05, 4.69) is 27.7 Å². The lowest BCUT2D eigenvalue weighted by molar-refractivity contribution is 0.200. The van der Waals surface area contributed by atoms with Crippen LogP contribution in [0.4, 0.5) is 4.39 Å². The third-order valence-corrected chi connectivity index (χ3v) is 4.78. The van der Waals surface area contributed by atoms with E-state index in [4.69, 9.17) is 0 Å². The Morgan fingerprint density at radius 1 is 1.25 bits per heavy atom. The summed E-state index contributed by atoms with van der Waals surface area (Å²) in [6, 6.07) is 9.67. The van der Waals surface area contributed by atoms with Gasteiger partial charge in [0.2, 0.25) is 0 Å². The van der Waals surface area contributed by atoms with Gasteiger partial charge < -0.3 is 5.32 Å². The summed E-state index contributed by atoms with van der Waals surface area (Å²) in [7, 11) is 0. The molecule has 1 aromatic carbocycles. The second-order valence-corrected chi connectivity index (χ2v) is 6.18. The molecule has 0 aliphatic carbocycles. The minimum atomic E-state index is -0.156. The van der Waals surface area contributed by atoms with Crippen molar-refractivity contribution in [2.45, 2.75) is 13.0 Å². The third-order valence-electron chi connectivity index (χ3n) is 3.86. The van der Waals surface area contributed by atoms with Gasteiger partial charge in [-0.25, -0.2) is 4.39 Å². The maximum absolute atomic E-state index is 13.4. The molecule has 2 aromatic rings. The lowest BCUT2D eigenvalue weighted by Crippen LogP contribution is -2.45. The second-order valence-electron chi connectivity index (χ2n) is 5.20. The van der Waals surface area contributed by atoms with Gasteiger partial charge in [-0.2, -0.15) is 0 Å². The van der Waals surface area contributed by atoms with Crippen molar-refractivity contribution in [3.05, 3.63) is 57.5 Å². The lowest BCUT2D eigenvalue weighted by Gasteiger charge is -2.35. The molecule has 0 bridgehead atoms. The number of benzene rings is 1. The fourth-order valence-corrected chi connectivity index (χ4v) is 3.74. The first-order valence-electron chi connectivity index (χ1n) is 7.00. The summed E-state index contributed by atoms with van der Waals surface area (Å²) in [5.74, 6) is -0.156. The molecule has 1 fully saturated rings. The zero-order chi connectivity index (χ0) is 13.9. The molecule has 2 nitrogen and oxygen atoms in total. The van der Waals surface area contributed by atoms with Gasteiger partial charge >= 0.3 is 0 Å². The van der Waals surface area contributed by atoms with Crippen LogP contribution in [0.25, 0.3) is 0 Å². The Labute approximate surface area is 123 Å². The molecule has 0 amide bonds. The molecule has 1 aliphatic rings. The summed E-state index contributed by atoms with van der Waals surface area (Å²) >= 11 is 1.78. The first-order chi connectivity index (χ1) is 9.75. The molecule has 2 heterocycles. The summed E-state index contributed by atoms with van der Waals surface area (Å²) in [4.78, 5) is 3.82. The summed E-state index contributed by atoms with van der Waals surface area (Å²) in [6.45, 7) is 6.09. The molecule has 1 atom stereocenters.